The van der Waals surface area contributed by atoms with Crippen molar-refractivity contribution < 1.29 is 9.53 Å². The topological polar surface area (TPSA) is 38.3 Å². The SMILES string of the molecule is C[C@@H](NC1CC1)C(=O)OC(C)(C)C.Cl. The second-order valence-electron chi connectivity index (χ2n) is 4.70. The second kappa shape index (κ2) is 4.99. The number of hydrogen-bond donors (Lipinski definition) is 1. The highest BCUT2D eigenvalue weighted by atomic mass is 35.5. The molecule has 0 saturated heterocycles. The monoisotopic (exact) mass is 221 g/mol. The molecule has 0 amide bonds. The summed E-state index contributed by atoms with van der Waals surface area (Å²) in [5.41, 5.74) is -0.378. The van der Waals surface area contributed by atoms with Crippen LogP contribution in [0.3, 0.4) is 0 Å². The van der Waals surface area contributed by atoms with Crippen LogP contribution in [0.15, 0.2) is 0 Å². The Labute approximate surface area is 92.0 Å². The highest BCUT2D eigenvalue weighted by molar-refractivity contribution is 5.85. The summed E-state index contributed by atoms with van der Waals surface area (Å²) in [5, 5.41) is 3.20. The minimum absolute atomic E-state index is 0. The van der Waals surface area contributed by atoms with E-state index in [0.717, 1.165) is 0 Å². The molecule has 1 rings (SSSR count). The molecule has 0 heterocycles. The Morgan fingerprint density at radius 1 is 1.43 bits per heavy atom. The van der Waals surface area contributed by atoms with Gasteiger partial charge in [-0.05, 0) is 40.5 Å². The van der Waals surface area contributed by atoms with Crippen LogP contribution in [-0.2, 0) is 9.53 Å². The molecule has 0 aromatic heterocycles. The van der Waals surface area contributed by atoms with Crippen LogP contribution in [0.4, 0.5) is 0 Å². The number of carbonyl (C=O) groups excluding carboxylic acids is 1. The Kier molecular flexibility index (Phi) is 4.89. The Morgan fingerprint density at radius 3 is 2.29 bits per heavy atom. The summed E-state index contributed by atoms with van der Waals surface area (Å²) in [6.45, 7) is 7.50. The molecule has 1 aliphatic carbocycles. The summed E-state index contributed by atoms with van der Waals surface area (Å²) in [6.07, 6.45) is 2.38. The van der Waals surface area contributed by atoms with E-state index in [1.165, 1.54) is 12.8 Å². The lowest BCUT2D eigenvalue weighted by Gasteiger charge is -2.22. The number of halogens is 1. The van der Waals surface area contributed by atoms with Crippen molar-refractivity contribution in [3.05, 3.63) is 0 Å². The molecular weight excluding hydrogens is 202 g/mol. The normalized spacial score (nSPS) is 18.3. The zero-order valence-electron chi connectivity index (χ0n) is 9.29. The summed E-state index contributed by atoms with van der Waals surface area (Å²) in [5.74, 6) is -0.153. The Bertz CT molecular complexity index is 197. The molecule has 0 aliphatic heterocycles. The first-order valence-electron chi connectivity index (χ1n) is 4.87. The fraction of sp³-hybridized carbons (Fsp3) is 0.900. The van der Waals surface area contributed by atoms with Gasteiger partial charge >= 0.3 is 5.97 Å². The van der Waals surface area contributed by atoms with Crippen LogP contribution in [0.2, 0.25) is 0 Å². The van der Waals surface area contributed by atoms with Crippen molar-refractivity contribution >= 4 is 18.4 Å². The predicted molar refractivity (Wildman–Crippen MR) is 58.7 cm³/mol. The maximum absolute atomic E-state index is 11.4. The van der Waals surface area contributed by atoms with Gasteiger partial charge in [0.05, 0.1) is 0 Å². The summed E-state index contributed by atoms with van der Waals surface area (Å²) >= 11 is 0. The van der Waals surface area contributed by atoms with Crippen LogP contribution in [0, 0.1) is 0 Å². The van der Waals surface area contributed by atoms with E-state index in [1.807, 2.05) is 27.7 Å². The lowest BCUT2D eigenvalue weighted by molar-refractivity contribution is -0.157. The minimum atomic E-state index is -0.378. The molecule has 0 spiro atoms. The van der Waals surface area contributed by atoms with Gasteiger partial charge in [0.2, 0.25) is 0 Å². The first-order chi connectivity index (χ1) is 5.88. The van der Waals surface area contributed by atoms with Crippen LogP contribution >= 0.6 is 12.4 Å². The molecule has 84 valence electrons. The second-order valence-corrected chi connectivity index (χ2v) is 4.70. The molecule has 0 aromatic carbocycles. The number of nitrogens with one attached hydrogen (secondary N) is 1. The molecule has 0 unspecified atom stereocenters. The summed E-state index contributed by atoms with van der Waals surface area (Å²) < 4.78 is 5.23. The number of esters is 1. The van der Waals surface area contributed by atoms with Crippen molar-refractivity contribution in [1.82, 2.24) is 5.32 Å². The zero-order chi connectivity index (χ0) is 10.1. The highest BCUT2D eigenvalue weighted by Gasteiger charge is 2.28. The average Bonchev–Trinajstić information content (AvgIpc) is 2.67. The van der Waals surface area contributed by atoms with Crippen LogP contribution in [-0.4, -0.2) is 23.7 Å². The van der Waals surface area contributed by atoms with Crippen LogP contribution < -0.4 is 5.32 Å². The standard InChI is InChI=1S/C10H19NO2.ClH/c1-7(11-8-5-6-8)9(12)13-10(2,3)4;/h7-8,11H,5-6H2,1-4H3;1H/t7-;/m1./s1. The van der Waals surface area contributed by atoms with Crippen molar-refractivity contribution in [3.63, 3.8) is 0 Å². The van der Waals surface area contributed by atoms with Gasteiger partial charge < -0.3 is 10.1 Å². The molecular formula is C10H20ClNO2. The molecule has 0 radical (unpaired) electrons. The third kappa shape index (κ3) is 5.45. The van der Waals surface area contributed by atoms with E-state index < -0.39 is 0 Å². The molecule has 14 heavy (non-hydrogen) atoms. The van der Waals surface area contributed by atoms with Gasteiger partial charge in [0.25, 0.3) is 0 Å². The minimum Gasteiger partial charge on any atom is -0.459 e. The zero-order valence-corrected chi connectivity index (χ0v) is 10.1. The van der Waals surface area contributed by atoms with E-state index in [9.17, 15) is 4.79 Å². The molecule has 1 aliphatic rings. The summed E-state index contributed by atoms with van der Waals surface area (Å²) in [7, 11) is 0. The quantitative estimate of drug-likeness (QED) is 0.740. The van der Waals surface area contributed by atoms with Gasteiger partial charge in [-0.1, -0.05) is 0 Å². The fourth-order valence-electron chi connectivity index (χ4n) is 1.06. The van der Waals surface area contributed by atoms with Crippen molar-refractivity contribution in [2.24, 2.45) is 0 Å². The Balaban J connectivity index is 0.00000169. The Hall–Kier alpha value is -0.280. The number of rotatable bonds is 3. The van der Waals surface area contributed by atoms with E-state index >= 15 is 0 Å². The van der Waals surface area contributed by atoms with Gasteiger partial charge in [-0.25, -0.2) is 0 Å². The smallest absolute Gasteiger partial charge is 0.323 e. The van der Waals surface area contributed by atoms with E-state index in [2.05, 4.69) is 5.32 Å². The van der Waals surface area contributed by atoms with E-state index in [1.54, 1.807) is 0 Å². The number of carbonyl (C=O) groups is 1. The first kappa shape index (κ1) is 13.7. The van der Waals surface area contributed by atoms with Gasteiger partial charge in [-0.15, -0.1) is 12.4 Å². The molecule has 1 saturated carbocycles. The third-order valence-corrected chi connectivity index (χ3v) is 1.82. The summed E-state index contributed by atoms with van der Waals surface area (Å²) in [4.78, 5) is 11.4. The molecule has 0 aromatic rings. The molecule has 3 nitrogen and oxygen atoms in total. The predicted octanol–water partition coefficient (Wildman–Crippen LogP) is 1.89. The van der Waals surface area contributed by atoms with Crippen molar-refractivity contribution in [3.8, 4) is 0 Å². The Morgan fingerprint density at radius 2 is 1.93 bits per heavy atom. The highest BCUT2D eigenvalue weighted by Crippen LogP contribution is 2.20. The van der Waals surface area contributed by atoms with Gasteiger partial charge in [0, 0.05) is 6.04 Å². The van der Waals surface area contributed by atoms with Gasteiger partial charge in [-0.3, -0.25) is 4.79 Å². The lowest BCUT2D eigenvalue weighted by Crippen LogP contribution is -2.40. The van der Waals surface area contributed by atoms with Gasteiger partial charge in [-0.2, -0.15) is 0 Å². The van der Waals surface area contributed by atoms with Crippen molar-refractivity contribution in [2.75, 3.05) is 0 Å². The van der Waals surface area contributed by atoms with Gasteiger partial charge in [0.1, 0.15) is 11.6 Å². The van der Waals surface area contributed by atoms with E-state index in [4.69, 9.17) is 4.74 Å². The van der Waals surface area contributed by atoms with E-state index in [0.29, 0.717) is 6.04 Å². The van der Waals surface area contributed by atoms with Gasteiger partial charge in [0.15, 0.2) is 0 Å². The van der Waals surface area contributed by atoms with E-state index in [-0.39, 0.29) is 30.0 Å². The molecule has 1 fully saturated rings. The maximum atomic E-state index is 11.4. The van der Waals surface area contributed by atoms with Crippen LogP contribution in [0.1, 0.15) is 40.5 Å². The maximum Gasteiger partial charge on any atom is 0.323 e. The molecule has 4 heteroatoms. The number of ether oxygens (including phenoxy) is 1. The number of hydrogen-bond acceptors (Lipinski definition) is 3. The summed E-state index contributed by atoms with van der Waals surface area (Å²) in [6, 6.07) is 0.370. The first-order valence-corrected chi connectivity index (χ1v) is 4.87. The lowest BCUT2D eigenvalue weighted by atomic mass is 10.2. The fourth-order valence-corrected chi connectivity index (χ4v) is 1.06. The van der Waals surface area contributed by atoms with Crippen molar-refractivity contribution in [1.29, 1.82) is 0 Å². The van der Waals surface area contributed by atoms with Crippen LogP contribution in [0.5, 0.6) is 0 Å². The third-order valence-electron chi connectivity index (χ3n) is 1.82. The molecule has 1 N–H and O–H groups in total. The van der Waals surface area contributed by atoms with Crippen molar-refractivity contribution in [2.45, 2.75) is 58.2 Å². The van der Waals surface area contributed by atoms with Crippen LogP contribution in [0.25, 0.3) is 0 Å². The largest absolute Gasteiger partial charge is 0.459 e. The average molecular weight is 222 g/mol. The molecule has 1 atom stereocenters. The molecule has 0 bridgehead atoms.